The SMILES string of the molecule is CCOC(OCC)C(N)=CC(=N)c1ccc(N2CC[C@H](F)C2)nc1. The second-order valence-electron chi connectivity index (χ2n) is 5.54. The van der Waals surface area contributed by atoms with Crippen molar-refractivity contribution in [1.82, 2.24) is 4.98 Å². The zero-order valence-electron chi connectivity index (χ0n) is 14.2. The lowest BCUT2D eigenvalue weighted by atomic mass is 10.1. The molecule has 1 atom stereocenters. The first-order chi connectivity index (χ1) is 11.5. The molecule has 24 heavy (non-hydrogen) atoms. The Balaban J connectivity index is 2.04. The van der Waals surface area contributed by atoms with E-state index in [0.29, 0.717) is 44.0 Å². The number of pyridine rings is 1. The van der Waals surface area contributed by atoms with Crippen molar-refractivity contribution in [3.05, 3.63) is 35.7 Å². The molecule has 6 nitrogen and oxygen atoms in total. The van der Waals surface area contributed by atoms with Crippen molar-refractivity contribution in [3.63, 3.8) is 0 Å². The standard InChI is InChI=1S/C17H25FN4O2/c1-3-23-17(24-4-2)15(20)9-14(19)12-5-6-16(21-10-12)22-8-7-13(18)11-22/h5-6,9-10,13,17,19H,3-4,7-8,11,20H2,1-2H3/t13-/m0/s1. The summed E-state index contributed by atoms with van der Waals surface area (Å²) in [5.74, 6) is 0.727. The van der Waals surface area contributed by atoms with Gasteiger partial charge in [0, 0.05) is 31.5 Å². The summed E-state index contributed by atoms with van der Waals surface area (Å²) < 4.78 is 24.1. The lowest BCUT2D eigenvalue weighted by molar-refractivity contribution is -0.111. The van der Waals surface area contributed by atoms with Crippen LogP contribution in [-0.4, -0.2) is 49.5 Å². The summed E-state index contributed by atoms with van der Waals surface area (Å²) >= 11 is 0. The highest BCUT2D eigenvalue weighted by Crippen LogP contribution is 2.20. The van der Waals surface area contributed by atoms with Gasteiger partial charge in [-0.15, -0.1) is 0 Å². The number of hydrogen-bond donors (Lipinski definition) is 2. The van der Waals surface area contributed by atoms with Crippen molar-refractivity contribution in [1.29, 1.82) is 5.41 Å². The van der Waals surface area contributed by atoms with Crippen LogP contribution in [0, 0.1) is 5.41 Å². The van der Waals surface area contributed by atoms with E-state index in [2.05, 4.69) is 4.98 Å². The van der Waals surface area contributed by atoms with E-state index in [1.54, 1.807) is 18.3 Å². The van der Waals surface area contributed by atoms with Gasteiger partial charge in [-0.25, -0.2) is 9.37 Å². The minimum atomic E-state index is -0.790. The van der Waals surface area contributed by atoms with Gasteiger partial charge in [0.25, 0.3) is 0 Å². The number of alkyl halides is 1. The number of nitrogens with zero attached hydrogens (tertiary/aromatic N) is 2. The molecule has 0 radical (unpaired) electrons. The molecule has 2 heterocycles. The largest absolute Gasteiger partial charge is 0.398 e. The molecule has 3 N–H and O–H groups in total. The average Bonchev–Trinajstić information content (AvgIpc) is 3.01. The molecule has 1 aromatic heterocycles. The zero-order chi connectivity index (χ0) is 17.5. The van der Waals surface area contributed by atoms with Crippen molar-refractivity contribution in [2.24, 2.45) is 5.73 Å². The highest BCUT2D eigenvalue weighted by atomic mass is 19.1. The maximum absolute atomic E-state index is 13.3. The Labute approximate surface area is 142 Å². The van der Waals surface area contributed by atoms with Crippen LogP contribution >= 0.6 is 0 Å². The molecule has 0 aromatic carbocycles. The summed E-state index contributed by atoms with van der Waals surface area (Å²) in [6, 6.07) is 3.59. The first kappa shape index (κ1) is 18.4. The van der Waals surface area contributed by atoms with Gasteiger partial charge >= 0.3 is 0 Å². The zero-order valence-corrected chi connectivity index (χ0v) is 14.2. The fourth-order valence-electron chi connectivity index (χ4n) is 2.52. The summed E-state index contributed by atoms with van der Waals surface area (Å²) in [6.07, 6.45) is 2.21. The summed E-state index contributed by atoms with van der Waals surface area (Å²) in [5.41, 5.74) is 7.17. The van der Waals surface area contributed by atoms with E-state index in [-0.39, 0.29) is 5.71 Å². The van der Waals surface area contributed by atoms with Gasteiger partial charge < -0.3 is 25.5 Å². The van der Waals surface area contributed by atoms with Crippen LogP contribution in [0.4, 0.5) is 10.2 Å². The van der Waals surface area contributed by atoms with Gasteiger partial charge in [0.05, 0.1) is 18.0 Å². The maximum atomic E-state index is 13.3. The topological polar surface area (TPSA) is 84.5 Å². The van der Waals surface area contributed by atoms with Crippen molar-refractivity contribution in [3.8, 4) is 0 Å². The van der Waals surface area contributed by atoms with E-state index < -0.39 is 12.5 Å². The van der Waals surface area contributed by atoms with E-state index in [9.17, 15) is 4.39 Å². The Kier molecular flexibility index (Phi) is 6.69. The first-order valence-electron chi connectivity index (χ1n) is 8.19. The molecule has 1 aliphatic heterocycles. The molecule has 0 unspecified atom stereocenters. The van der Waals surface area contributed by atoms with E-state index in [1.807, 2.05) is 18.7 Å². The number of ether oxygens (including phenoxy) is 2. The van der Waals surface area contributed by atoms with Gasteiger partial charge in [-0.3, -0.25) is 0 Å². The van der Waals surface area contributed by atoms with Crippen LogP contribution in [0.5, 0.6) is 0 Å². The molecule has 0 spiro atoms. The minimum absolute atomic E-state index is 0.223. The Morgan fingerprint density at radius 2 is 2.17 bits per heavy atom. The molecule has 0 bridgehead atoms. The number of hydrogen-bond acceptors (Lipinski definition) is 6. The van der Waals surface area contributed by atoms with E-state index in [1.165, 1.54) is 6.08 Å². The van der Waals surface area contributed by atoms with Gasteiger partial charge in [-0.05, 0) is 38.5 Å². The Morgan fingerprint density at radius 3 is 2.67 bits per heavy atom. The third-order valence-corrected chi connectivity index (χ3v) is 3.73. The number of anilines is 1. The molecule has 0 aliphatic carbocycles. The summed E-state index contributed by atoms with van der Waals surface area (Å²) in [5, 5.41) is 8.15. The normalized spacial score (nSPS) is 18.4. The lowest BCUT2D eigenvalue weighted by Gasteiger charge is -2.18. The predicted octanol–water partition coefficient (Wildman–Crippen LogP) is 2.24. The first-order valence-corrected chi connectivity index (χ1v) is 8.19. The second-order valence-corrected chi connectivity index (χ2v) is 5.54. The van der Waals surface area contributed by atoms with E-state index >= 15 is 0 Å². The fraction of sp³-hybridized carbons (Fsp3) is 0.529. The lowest BCUT2D eigenvalue weighted by Crippen LogP contribution is -2.26. The summed E-state index contributed by atoms with van der Waals surface area (Å²) in [4.78, 5) is 6.23. The molecule has 7 heteroatoms. The van der Waals surface area contributed by atoms with E-state index in [4.69, 9.17) is 20.6 Å². The molecule has 0 saturated carbocycles. The monoisotopic (exact) mass is 336 g/mol. The third kappa shape index (κ3) is 4.75. The van der Waals surface area contributed by atoms with Gasteiger partial charge in [0.2, 0.25) is 0 Å². The number of aromatic nitrogens is 1. The quantitative estimate of drug-likeness (QED) is 0.562. The molecule has 1 saturated heterocycles. The van der Waals surface area contributed by atoms with Crippen molar-refractivity contribution in [2.45, 2.75) is 32.7 Å². The number of nitrogens with two attached hydrogens (primary N) is 1. The Morgan fingerprint density at radius 1 is 1.46 bits per heavy atom. The van der Waals surface area contributed by atoms with Gasteiger partial charge in [-0.1, -0.05) is 0 Å². The van der Waals surface area contributed by atoms with Crippen LogP contribution in [0.2, 0.25) is 0 Å². The van der Waals surface area contributed by atoms with Gasteiger partial charge in [-0.2, -0.15) is 0 Å². The van der Waals surface area contributed by atoms with Crippen LogP contribution < -0.4 is 10.6 Å². The predicted molar refractivity (Wildman–Crippen MR) is 92.1 cm³/mol. The number of nitrogens with one attached hydrogen (secondary N) is 1. The van der Waals surface area contributed by atoms with Crippen LogP contribution in [-0.2, 0) is 9.47 Å². The number of halogens is 1. The van der Waals surface area contributed by atoms with Crippen molar-refractivity contribution in [2.75, 3.05) is 31.2 Å². The molecule has 1 aliphatic rings. The summed E-state index contributed by atoms with van der Waals surface area (Å²) in [6.45, 7) is 5.69. The molecule has 2 rings (SSSR count). The van der Waals surface area contributed by atoms with Crippen LogP contribution in [0.1, 0.15) is 25.8 Å². The highest BCUT2D eigenvalue weighted by Gasteiger charge is 2.22. The molecule has 1 aromatic rings. The van der Waals surface area contributed by atoms with Crippen LogP contribution in [0.15, 0.2) is 30.1 Å². The summed E-state index contributed by atoms with van der Waals surface area (Å²) in [7, 11) is 0. The second kappa shape index (κ2) is 8.75. The maximum Gasteiger partial charge on any atom is 0.198 e. The van der Waals surface area contributed by atoms with Gasteiger partial charge in [0.1, 0.15) is 12.0 Å². The smallest absolute Gasteiger partial charge is 0.198 e. The van der Waals surface area contributed by atoms with E-state index in [0.717, 1.165) is 5.82 Å². The van der Waals surface area contributed by atoms with Crippen LogP contribution in [0.25, 0.3) is 0 Å². The minimum Gasteiger partial charge on any atom is -0.398 e. The average molecular weight is 336 g/mol. The molecule has 1 fully saturated rings. The van der Waals surface area contributed by atoms with Crippen molar-refractivity contribution >= 4 is 11.5 Å². The molecule has 0 amide bonds. The van der Waals surface area contributed by atoms with Crippen LogP contribution in [0.3, 0.4) is 0 Å². The fourth-order valence-corrected chi connectivity index (χ4v) is 2.52. The van der Waals surface area contributed by atoms with Crippen molar-refractivity contribution < 1.29 is 13.9 Å². The number of rotatable bonds is 8. The third-order valence-electron chi connectivity index (χ3n) is 3.73. The number of allylic oxidation sites excluding steroid dienone is 1. The molecular weight excluding hydrogens is 311 g/mol. The Bertz CT molecular complexity index is 570. The highest BCUT2D eigenvalue weighted by molar-refractivity contribution is 6.06. The molecular formula is C17H25FN4O2. The molecule has 132 valence electrons. The van der Waals surface area contributed by atoms with Gasteiger partial charge in [0.15, 0.2) is 6.29 Å². The Hall–Kier alpha value is -1.99.